The average Bonchev–Trinajstić information content (AvgIpc) is 3.11. The zero-order valence-electron chi connectivity index (χ0n) is 19.0. The predicted molar refractivity (Wildman–Crippen MR) is 116 cm³/mol. The Morgan fingerprint density at radius 1 is 1.06 bits per heavy atom. The monoisotopic (exact) mass is 446 g/mol. The number of unbranched alkanes of at least 4 members (excludes halogenated alkanes) is 2. The lowest BCUT2D eigenvalue weighted by molar-refractivity contribution is -0.162. The number of amides is 2. The molecule has 4 aliphatic heterocycles. The van der Waals surface area contributed by atoms with Crippen LogP contribution in [0.1, 0.15) is 46.0 Å². The first-order chi connectivity index (χ1) is 15.5. The van der Waals surface area contributed by atoms with Gasteiger partial charge in [0.25, 0.3) is 0 Å². The number of hydrogen-bond donors (Lipinski definition) is 1. The van der Waals surface area contributed by atoms with Crippen molar-refractivity contribution < 1.29 is 29.0 Å². The molecule has 176 valence electrons. The highest BCUT2D eigenvalue weighted by atomic mass is 16.6. The second-order valence-corrected chi connectivity index (χ2v) is 9.13. The molecule has 8 nitrogen and oxygen atoms in total. The van der Waals surface area contributed by atoms with Crippen LogP contribution in [0.25, 0.3) is 0 Å². The van der Waals surface area contributed by atoms with Gasteiger partial charge in [0.15, 0.2) is 0 Å². The van der Waals surface area contributed by atoms with E-state index in [1.165, 1.54) is 4.90 Å². The number of carbonyl (C=O) groups is 3. The summed E-state index contributed by atoms with van der Waals surface area (Å²) in [6.45, 7) is 5.06. The SMILES string of the molecule is CCCCCN1CC=C[C@]23O[C@@]4(CC)C=CCCOC(=O)[C@H]4[C@H]2C(=O)N(CCO)C3C1=O. The first-order valence-corrected chi connectivity index (χ1v) is 11.9. The molecule has 0 aromatic carbocycles. The second-order valence-electron chi connectivity index (χ2n) is 9.13. The van der Waals surface area contributed by atoms with Gasteiger partial charge in [0.2, 0.25) is 11.8 Å². The van der Waals surface area contributed by atoms with E-state index in [1.54, 1.807) is 4.90 Å². The summed E-state index contributed by atoms with van der Waals surface area (Å²) in [6, 6.07) is -0.912. The molecular formula is C24H34N2O6. The van der Waals surface area contributed by atoms with E-state index in [0.29, 0.717) is 25.9 Å². The standard InChI is InChI=1S/C24H34N2O6/c1-3-5-7-12-25-13-9-11-24-17(20(28)26(14-15-27)19(24)21(25)29)18-22(30)31-16-8-6-10-23(18,4-2)32-24/h6,9-11,17-19,27H,3-5,7-8,12-16H2,1-2H3/t17-,18+,19?,23-,24-/m0/s1. The number of nitrogens with zero attached hydrogens (tertiary/aromatic N) is 2. The summed E-state index contributed by atoms with van der Waals surface area (Å²) in [5, 5.41) is 9.67. The summed E-state index contributed by atoms with van der Waals surface area (Å²) < 4.78 is 12.2. The third-order valence-electron chi connectivity index (χ3n) is 7.36. The van der Waals surface area contributed by atoms with Crippen molar-refractivity contribution in [2.24, 2.45) is 11.8 Å². The number of β-amino-alcohol motifs (C(OH)–C–C–N with tert-alkyl or cyclic N) is 1. The minimum atomic E-state index is -1.27. The van der Waals surface area contributed by atoms with Crippen LogP contribution in [0.3, 0.4) is 0 Å². The summed E-state index contributed by atoms with van der Waals surface area (Å²) in [5.41, 5.74) is -2.28. The Hall–Kier alpha value is -2.19. The molecule has 1 unspecified atom stereocenters. The number of cyclic esters (lactones) is 1. The van der Waals surface area contributed by atoms with E-state index in [4.69, 9.17) is 9.47 Å². The summed E-state index contributed by atoms with van der Waals surface area (Å²) in [6.07, 6.45) is 11.5. The minimum absolute atomic E-state index is 0.0181. The van der Waals surface area contributed by atoms with Crippen LogP contribution in [0.15, 0.2) is 24.3 Å². The van der Waals surface area contributed by atoms with Gasteiger partial charge in [-0.15, -0.1) is 0 Å². The van der Waals surface area contributed by atoms with Crippen molar-refractivity contribution in [2.45, 2.75) is 63.2 Å². The number of aliphatic hydroxyl groups excluding tert-OH is 1. The van der Waals surface area contributed by atoms with Gasteiger partial charge in [0.05, 0.1) is 19.1 Å². The highest BCUT2D eigenvalue weighted by molar-refractivity contribution is 5.99. The molecule has 2 amide bonds. The van der Waals surface area contributed by atoms with Crippen molar-refractivity contribution in [1.82, 2.24) is 9.80 Å². The van der Waals surface area contributed by atoms with Crippen molar-refractivity contribution in [3.63, 3.8) is 0 Å². The van der Waals surface area contributed by atoms with Gasteiger partial charge in [-0.2, -0.15) is 0 Å². The van der Waals surface area contributed by atoms with E-state index >= 15 is 0 Å². The van der Waals surface area contributed by atoms with Crippen LogP contribution in [-0.4, -0.2) is 82.8 Å². The third kappa shape index (κ3) is 3.39. The molecule has 2 saturated heterocycles. The predicted octanol–water partition coefficient (Wildman–Crippen LogP) is 1.43. The molecule has 0 aliphatic carbocycles. The van der Waals surface area contributed by atoms with Crippen molar-refractivity contribution in [3.8, 4) is 0 Å². The molecule has 1 N–H and O–H groups in total. The molecule has 1 spiro atoms. The molecule has 32 heavy (non-hydrogen) atoms. The molecule has 0 bridgehead atoms. The van der Waals surface area contributed by atoms with E-state index in [0.717, 1.165) is 19.3 Å². The van der Waals surface area contributed by atoms with Crippen LogP contribution in [0, 0.1) is 11.8 Å². The number of likely N-dealkylation sites (tertiary alicyclic amines) is 1. The molecule has 8 heteroatoms. The Morgan fingerprint density at radius 3 is 2.59 bits per heavy atom. The van der Waals surface area contributed by atoms with Crippen LogP contribution in [0.2, 0.25) is 0 Å². The Balaban J connectivity index is 1.81. The zero-order chi connectivity index (χ0) is 22.9. The first-order valence-electron chi connectivity index (χ1n) is 11.9. The number of rotatable bonds is 7. The second kappa shape index (κ2) is 8.98. The molecule has 0 radical (unpaired) electrons. The first kappa shape index (κ1) is 23.0. The molecule has 0 aromatic heterocycles. The average molecular weight is 447 g/mol. The van der Waals surface area contributed by atoms with Gasteiger partial charge >= 0.3 is 5.97 Å². The quantitative estimate of drug-likeness (QED) is 0.361. The number of hydrogen-bond acceptors (Lipinski definition) is 6. The molecular weight excluding hydrogens is 412 g/mol. The van der Waals surface area contributed by atoms with Crippen molar-refractivity contribution >= 4 is 17.8 Å². The normalized spacial score (nSPS) is 36.3. The fourth-order valence-electron chi connectivity index (χ4n) is 5.88. The van der Waals surface area contributed by atoms with Gasteiger partial charge in [-0.1, -0.05) is 51.0 Å². The Labute approximate surface area is 189 Å². The molecule has 4 rings (SSSR count). The maximum Gasteiger partial charge on any atom is 0.313 e. The molecule has 5 atom stereocenters. The number of aliphatic hydroxyl groups is 1. The lowest BCUT2D eigenvalue weighted by Crippen LogP contribution is -2.56. The topological polar surface area (TPSA) is 96.4 Å². The van der Waals surface area contributed by atoms with Crippen LogP contribution >= 0.6 is 0 Å². The smallest absolute Gasteiger partial charge is 0.313 e. The lowest BCUT2D eigenvalue weighted by atomic mass is 9.73. The highest BCUT2D eigenvalue weighted by Gasteiger charge is 2.75. The maximum absolute atomic E-state index is 13.8. The van der Waals surface area contributed by atoms with Gasteiger partial charge in [-0.25, -0.2) is 0 Å². The molecule has 2 fully saturated rings. The highest BCUT2D eigenvalue weighted by Crippen LogP contribution is 2.58. The van der Waals surface area contributed by atoms with Crippen LogP contribution in [-0.2, 0) is 23.9 Å². The van der Waals surface area contributed by atoms with E-state index in [1.807, 2.05) is 31.2 Å². The van der Waals surface area contributed by atoms with Gasteiger partial charge in [-0.05, 0) is 19.3 Å². The molecule has 0 aromatic rings. The van der Waals surface area contributed by atoms with Crippen LogP contribution < -0.4 is 0 Å². The maximum atomic E-state index is 13.8. The third-order valence-corrected chi connectivity index (χ3v) is 7.36. The van der Waals surface area contributed by atoms with E-state index in [2.05, 4.69) is 6.92 Å². The van der Waals surface area contributed by atoms with Gasteiger partial charge in [-0.3, -0.25) is 14.4 Å². The van der Waals surface area contributed by atoms with Crippen LogP contribution in [0.5, 0.6) is 0 Å². The van der Waals surface area contributed by atoms with Gasteiger partial charge in [0.1, 0.15) is 23.2 Å². The Bertz CT molecular complexity index is 825. The van der Waals surface area contributed by atoms with E-state index < -0.39 is 35.0 Å². The van der Waals surface area contributed by atoms with E-state index in [9.17, 15) is 19.5 Å². The molecule has 4 heterocycles. The van der Waals surface area contributed by atoms with Crippen LogP contribution in [0.4, 0.5) is 0 Å². The van der Waals surface area contributed by atoms with E-state index in [-0.39, 0.29) is 31.6 Å². The number of carbonyl (C=O) groups excluding carboxylic acids is 3. The molecule has 0 saturated carbocycles. The van der Waals surface area contributed by atoms with Crippen molar-refractivity contribution in [2.75, 3.05) is 32.8 Å². The zero-order valence-corrected chi connectivity index (χ0v) is 19.0. The lowest BCUT2D eigenvalue weighted by Gasteiger charge is -2.38. The summed E-state index contributed by atoms with van der Waals surface area (Å²) in [7, 11) is 0. The van der Waals surface area contributed by atoms with Gasteiger partial charge in [0, 0.05) is 19.6 Å². The number of esters is 1. The fraction of sp³-hybridized carbons (Fsp3) is 0.708. The summed E-state index contributed by atoms with van der Waals surface area (Å²) in [4.78, 5) is 43.9. The van der Waals surface area contributed by atoms with Crippen molar-refractivity contribution in [3.05, 3.63) is 24.3 Å². The fourth-order valence-corrected chi connectivity index (χ4v) is 5.88. The van der Waals surface area contributed by atoms with Crippen molar-refractivity contribution in [1.29, 1.82) is 0 Å². The summed E-state index contributed by atoms with van der Waals surface area (Å²) in [5.74, 6) is -2.69. The Morgan fingerprint density at radius 2 is 1.88 bits per heavy atom. The molecule has 4 aliphatic rings. The minimum Gasteiger partial charge on any atom is -0.465 e. The summed E-state index contributed by atoms with van der Waals surface area (Å²) >= 11 is 0. The number of ether oxygens (including phenoxy) is 2. The largest absolute Gasteiger partial charge is 0.465 e. The number of fused-ring (bicyclic) bond motifs is 2. The van der Waals surface area contributed by atoms with Gasteiger partial charge < -0.3 is 24.4 Å². The Kier molecular flexibility index (Phi) is 6.45.